The lowest BCUT2D eigenvalue weighted by atomic mass is 9.89. The molecular weight excluding hydrogens is 638 g/mol. The van der Waals surface area contributed by atoms with Gasteiger partial charge in [0.1, 0.15) is 19.8 Å². The fourth-order valence-electron chi connectivity index (χ4n) is 2.56. The molecule has 2 N–H and O–H groups in total. The molecule has 0 saturated heterocycles. The van der Waals surface area contributed by atoms with Crippen LogP contribution in [0.25, 0.3) is 0 Å². The molecule has 1 amide bonds. The number of nitrogens with one attached hydrogen (secondary N) is 1. The zero-order valence-corrected chi connectivity index (χ0v) is 33.8. The van der Waals surface area contributed by atoms with Crippen molar-refractivity contribution >= 4 is 29.8 Å². The number of benzene rings is 1. The molecule has 1 aromatic rings. The molecular formula is C40H69NO9. The van der Waals surface area contributed by atoms with E-state index in [-0.39, 0.29) is 47.9 Å². The minimum Gasteiger partial charge on any atom is -0.481 e. The fourth-order valence-corrected chi connectivity index (χ4v) is 2.56. The average molecular weight is 708 g/mol. The van der Waals surface area contributed by atoms with Crippen LogP contribution in [0.3, 0.4) is 0 Å². The molecule has 0 aliphatic carbocycles. The fraction of sp³-hybridized carbons (Fsp3) is 0.675. The van der Waals surface area contributed by atoms with Gasteiger partial charge in [0.25, 0.3) is 0 Å². The lowest BCUT2D eigenvalue weighted by molar-refractivity contribution is -0.158. The molecule has 0 bridgehead atoms. The minimum absolute atomic E-state index is 0.0667. The second-order valence-corrected chi connectivity index (χ2v) is 15.0. The van der Waals surface area contributed by atoms with Crippen LogP contribution in [0.5, 0.6) is 0 Å². The highest BCUT2D eigenvalue weighted by Crippen LogP contribution is 2.23. The Morgan fingerprint density at radius 3 is 1.42 bits per heavy atom. The summed E-state index contributed by atoms with van der Waals surface area (Å²) in [5.41, 5.74) is -0.268. The van der Waals surface area contributed by atoms with Gasteiger partial charge in [-0.25, -0.2) is 4.79 Å². The summed E-state index contributed by atoms with van der Waals surface area (Å²) in [6.07, 6.45) is 3.06. The van der Waals surface area contributed by atoms with E-state index in [9.17, 15) is 24.0 Å². The van der Waals surface area contributed by atoms with E-state index in [0.717, 1.165) is 18.4 Å². The first-order valence-corrected chi connectivity index (χ1v) is 17.5. The predicted molar refractivity (Wildman–Crippen MR) is 200 cm³/mol. The van der Waals surface area contributed by atoms with Crippen LogP contribution >= 0.6 is 0 Å². The molecule has 0 atom stereocenters. The summed E-state index contributed by atoms with van der Waals surface area (Å²) >= 11 is 0. The SMILES string of the molecule is C=C(C)C(=O)OCCOC(=O)C(C)(C)CC.CCC(C)(C)C(=O)NC(C)C.CCC(C)(C)C(=O)O.CCC(C)(C)C(=O)OCc1ccccc1. The Hall–Kier alpha value is -3.69. The number of carbonyl (C=O) groups excluding carboxylic acids is 4. The van der Waals surface area contributed by atoms with Crippen molar-refractivity contribution in [2.24, 2.45) is 21.7 Å². The summed E-state index contributed by atoms with van der Waals surface area (Å²) in [7, 11) is 0. The molecule has 0 radical (unpaired) electrons. The molecule has 0 heterocycles. The molecule has 0 fully saturated rings. The number of carboxylic acid groups (broad SMARTS) is 1. The maximum atomic E-state index is 11.6. The first-order chi connectivity index (χ1) is 22.8. The molecule has 0 aliphatic heterocycles. The van der Waals surface area contributed by atoms with Gasteiger partial charge >= 0.3 is 23.9 Å². The molecule has 1 aromatic carbocycles. The standard InChI is InChI=1S/C13H18O2.C12H20O4.C9H19NO.C6H12O2/c1-4-13(2,3)12(14)15-10-11-8-6-5-7-9-11;1-6-12(4,5)11(14)16-8-7-15-10(13)9(2)3;1-6-9(4,5)8(11)10-7(2)3;1-4-6(2,3)5(7)8/h5-9H,4,10H2,1-3H3;2,6-8H2,1,3-5H3;7H,6H2,1-5H3,(H,10,11);4H2,1-3H3,(H,7,8). The Balaban J connectivity index is -0.000000608. The van der Waals surface area contributed by atoms with Gasteiger partial charge in [0.05, 0.1) is 16.2 Å². The summed E-state index contributed by atoms with van der Waals surface area (Å²) in [5, 5.41) is 11.3. The van der Waals surface area contributed by atoms with Crippen molar-refractivity contribution in [3.05, 3.63) is 48.0 Å². The maximum absolute atomic E-state index is 11.6. The smallest absolute Gasteiger partial charge is 0.333 e. The van der Waals surface area contributed by atoms with Gasteiger partial charge in [-0.05, 0) is 93.6 Å². The molecule has 0 aromatic heterocycles. The van der Waals surface area contributed by atoms with Crippen molar-refractivity contribution in [1.29, 1.82) is 0 Å². The Kier molecular flexibility index (Phi) is 24.8. The van der Waals surface area contributed by atoms with Crippen molar-refractivity contribution in [3.8, 4) is 0 Å². The molecule has 0 spiro atoms. The third-order valence-corrected chi connectivity index (χ3v) is 8.36. The van der Waals surface area contributed by atoms with Crippen LogP contribution in [0, 0.1) is 21.7 Å². The van der Waals surface area contributed by atoms with Crippen molar-refractivity contribution in [3.63, 3.8) is 0 Å². The van der Waals surface area contributed by atoms with E-state index in [4.69, 9.17) is 19.3 Å². The number of hydrogen-bond donors (Lipinski definition) is 2. The minimum atomic E-state index is -0.722. The number of rotatable bonds is 15. The number of carbonyl (C=O) groups is 5. The Bertz CT molecular complexity index is 1180. The lowest BCUT2D eigenvalue weighted by Crippen LogP contribution is -2.40. The van der Waals surface area contributed by atoms with E-state index in [1.807, 2.05) is 113 Å². The molecule has 50 heavy (non-hydrogen) atoms. The highest BCUT2D eigenvalue weighted by atomic mass is 16.6. The van der Waals surface area contributed by atoms with Gasteiger partial charge in [0.15, 0.2) is 0 Å². The third kappa shape index (κ3) is 22.9. The van der Waals surface area contributed by atoms with E-state index >= 15 is 0 Å². The van der Waals surface area contributed by atoms with Crippen molar-refractivity contribution in [1.82, 2.24) is 5.32 Å². The van der Waals surface area contributed by atoms with Crippen molar-refractivity contribution in [2.45, 2.75) is 142 Å². The summed E-state index contributed by atoms with van der Waals surface area (Å²) < 4.78 is 15.0. The molecule has 0 unspecified atom stereocenters. The molecule has 10 nitrogen and oxygen atoms in total. The van der Waals surface area contributed by atoms with Gasteiger partial charge in [0.2, 0.25) is 5.91 Å². The quantitative estimate of drug-likeness (QED) is 0.0791. The summed E-state index contributed by atoms with van der Waals surface area (Å²) in [6, 6.07) is 9.97. The number of aliphatic carboxylic acids is 1. The van der Waals surface area contributed by atoms with Crippen LogP contribution in [0.2, 0.25) is 0 Å². The number of carboxylic acids is 1. The monoisotopic (exact) mass is 707 g/mol. The molecule has 1 rings (SSSR count). The third-order valence-electron chi connectivity index (χ3n) is 8.36. The number of ether oxygens (including phenoxy) is 3. The predicted octanol–water partition coefficient (Wildman–Crippen LogP) is 8.71. The van der Waals surface area contributed by atoms with Crippen molar-refractivity contribution < 1.29 is 43.3 Å². The summed E-state index contributed by atoms with van der Waals surface area (Å²) in [4.78, 5) is 55.8. The van der Waals surface area contributed by atoms with Crippen LogP contribution in [-0.4, -0.2) is 54.1 Å². The highest BCUT2D eigenvalue weighted by Gasteiger charge is 2.28. The number of esters is 3. The topological polar surface area (TPSA) is 145 Å². The van der Waals surface area contributed by atoms with Gasteiger partial charge in [-0.15, -0.1) is 0 Å². The Morgan fingerprint density at radius 1 is 0.680 bits per heavy atom. The van der Waals surface area contributed by atoms with Crippen LogP contribution in [0.4, 0.5) is 0 Å². The first kappa shape index (κ1) is 50.7. The van der Waals surface area contributed by atoms with Crippen molar-refractivity contribution in [2.75, 3.05) is 13.2 Å². The van der Waals surface area contributed by atoms with Crippen LogP contribution < -0.4 is 5.32 Å². The maximum Gasteiger partial charge on any atom is 0.333 e. The van der Waals surface area contributed by atoms with E-state index in [2.05, 4.69) is 11.9 Å². The van der Waals surface area contributed by atoms with E-state index < -0.39 is 22.8 Å². The normalized spacial score (nSPS) is 11.2. The van der Waals surface area contributed by atoms with Crippen LogP contribution in [0.15, 0.2) is 42.5 Å². The van der Waals surface area contributed by atoms with Gasteiger partial charge < -0.3 is 24.6 Å². The summed E-state index contributed by atoms with van der Waals surface area (Å²) in [6.45, 7) is 32.1. The summed E-state index contributed by atoms with van der Waals surface area (Å²) in [5.74, 6) is -1.45. The van der Waals surface area contributed by atoms with Crippen LogP contribution in [0.1, 0.15) is 135 Å². The van der Waals surface area contributed by atoms with E-state index in [0.29, 0.717) is 25.0 Å². The second-order valence-electron chi connectivity index (χ2n) is 15.0. The number of amides is 1. The molecule has 288 valence electrons. The Morgan fingerprint density at radius 2 is 1.08 bits per heavy atom. The lowest BCUT2D eigenvalue weighted by Gasteiger charge is -2.22. The van der Waals surface area contributed by atoms with E-state index in [1.54, 1.807) is 20.8 Å². The van der Waals surface area contributed by atoms with E-state index in [1.165, 1.54) is 0 Å². The highest BCUT2D eigenvalue weighted by molar-refractivity contribution is 5.87. The van der Waals surface area contributed by atoms with Gasteiger partial charge in [-0.1, -0.05) is 78.5 Å². The molecule has 0 saturated carbocycles. The zero-order chi connectivity index (χ0) is 39.9. The largest absolute Gasteiger partial charge is 0.481 e. The van der Waals surface area contributed by atoms with Gasteiger partial charge in [0, 0.05) is 17.0 Å². The number of hydrogen-bond acceptors (Lipinski definition) is 8. The Labute approximate surface area is 303 Å². The van der Waals surface area contributed by atoms with Gasteiger partial charge in [-0.2, -0.15) is 0 Å². The van der Waals surface area contributed by atoms with Crippen LogP contribution in [-0.2, 0) is 44.8 Å². The second kappa shape index (κ2) is 24.5. The zero-order valence-electron chi connectivity index (χ0n) is 33.8. The van der Waals surface area contributed by atoms with Gasteiger partial charge in [-0.3, -0.25) is 19.2 Å². The first-order valence-electron chi connectivity index (χ1n) is 17.5. The molecule has 10 heteroatoms. The average Bonchev–Trinajstić information content (AvgIpc) is 3.06. The molecule has 0 aliphatic rings.